The van der Waals surface area contributed by atoms with Crippen molar-refractivity contribution in [2.24, 2.45) is 0 Å². The molecule has 4 aromatic carbocycles. The fourth-order valence-corrected chi connectivity index (χ4v) is 6.64. The molecule has 0 unspecified atom stereocenters. The Morgan fingerprint density at radius 3 is 1.91 bits per heavy atom. The van der Waals surface area contributed by atoms with E-state index in [0.717, 1.165) is 26.6 Å². The Bertz CT molecular complexity index is 1710. The summed E-state index contributed by atoms with van der Waals surface area (Å²) in [7, 11) is 0.103. The number of nitrogens with one attached hydrogen (secondary N) is 1. The Kier molecular flexibility index (Phi) is 10.9. The number of likely N-dealkylation sites (N-methyl/N-ethyl adjacent to an activating group) is 1. The Balaban J connectivity index is 1.83. The highest BCUT2D eigenvalue weighted by molar-refractivity contribution is 7.92. The second-order valence-corrected chi connectivity index (χ2v) is 12.6. The molecule has 2 amide bonds. The number of carbonyl (C=O) groups is 2. The molecule has 0 aliphatic rings. The molecule has 1 atom stereocenters. The van der Waals surface area contributed by atoms with Crippen LogP contribution in [-0.2, 0) is 32.6 Å². The number of amides is 2. The molecule has 0 aromatic heterocycles. The molecule has 0 fully saturated rings. The zero-order valence-corrected chi connectivity index (χ0v) is 27.0. The summed E-state index contributed by atoms with van der Waals surface area (Å²) in [5, 5.41) is 2.70. The van der Waals surface area contributed by atoms with E-state index in [1.807, 2.05) is 80.6 Å². The largest absolute Gasteiger partial charge is 0.493 e. The van der Waals surface area contributed by atoms with Gasteiger partial charge in [-0.2, -0.15) is 0 Å². The van der Waals surface area contributed by atoms with E-state index < -0.39 is 28.5 Å². The fraction of sp³-hybridized carbons (Fsp3) is 0.257. The highest BCUT2D eigenvalue weighted by Gasteiger charge is 2.34. The molecule has 4 rings (SSSR count). The van der Waals surface area contributed by atoms with E-state index >= 15 is 0 Å². The van der Waals surface area contributed by atoms with Crippen LogP contribution in [-0.4, -0.2) is 59.0 Å². The van der Waals surface area contributed by atoms with Gasteiger partial charge in [0.25, 0.3) is 10.0 Å². The van der Waals surface area contributed by atoms with E-state index in [2.05, 4.69) is 5.32 Å². The monoisotopic (exact) mass is 629 g/mol. The van der Waals surface area contributed by atoms with Crippen LogP contribution < -0.4 is 19.1 Å². The van der Waals surface area contributed by atoms with Crippen LogP contribution in [0.2, 0.25) is 0 Å². The van der Waals surface area contributed by atoms with Crippen molar-refractivity contribution in [1.29, 1.82) is 0 Å². The minimum absolute atomic E-state index is 0.0751. The number of sulfonamides is 1. The Hall–Kier alpha value is -4.83. The van der Waals surface area contributed by atoms with E-state index in [0.29, 0.717) is 11.4 Å². The van der Waals surface area contributed by atoms with E-state index in [1.54, 1.807) is 12.1 Å². The molecule has 0 radical (unpaired) electrons. The summed E-state index contributed by atoms with van der Waals surface area (Å²) in [5.74, 6) is -0.289. The van der Waals surface area contributed by atoms with Gasteiger partial charge in [0.15, 0.2) is 11.5 Å². The second kappa shape index (κ2) is 14.8. The lowest BCUT2D eigenvalue weighted by Crippen LogP contribution is -2.53. The molecular weight excluding hydrogens is 590 g/mol. The standard InChI is InChI=1S/C35H39N3O6S/c1-25-18-26(2)20-29(19-25)38(45(41,42)30-16-17-32(43-4)33(22-30)44-5)24-34(39)37(23-28-14-10-7-11-15-28)31(35(40)36-3)21-27-12-8-6-9-13-27/h6-20,22,31H,21,23-24H2,1-5H3,(H,36,40)/t31-/m0/s1. The normalized spacial score (nSPS) is 11.8. The fourth-order valence-electron chi connectivity index (χ4n) is 5.23. The van der Waals surface area contributed by atoms with Gasteiger partial charge in [-0.15, -0.1) is 0 Å². The molecule has 4 aromatic rings. The lowest BCUT2D eigenvalue weighted by molar-refractivity contribution is -0.139. The van der Waals surface area contributed by atoms with Crippen LogP contribution in [0.25, 0.3) is 0 Å². The third kappa shape index (κ3) is 8.02. The van der Waals surface area contributed by atoms with Crippen LogP contribution in [0.15, 0.2) is 102 Å². The molecular formula is C35H39N3O6S. The Morgan fingerprint density at radius 2 is 1.36 bits per heavy atom. The lowest BCUT2D eigenvalue weighted by Gasteiger charge is -2.33. The molecule has 0 bridgehead atoms. The highest BCUT2D eigenvalue weighted by atomic mass is 32.2. The van der Waals surface area contributed by atoms with E-state index in [-0.39, 0.29) is 29.5 Å². The smallest absolute Gasteiger partial charge is 0.264 e. The van der Waals surface area contributed by atoms with Crippen LogP contribution in [0.1, 0.15) is 22.3 Å². The minimum atomic E-state index is -4.31. The summed E-state index contributed by atoms with van der Waals surface area (Å²) in [6.45, 7) is 3.28. The molecule has 0 spiro atoms. The maximum atomic E-state index is 14.4. The number of rotatable bonds is 13. The highest BCUT2D eigenvalue weighted by Crippen LogP contribution is 2.33. The Morgan fingerprint density at radius 1 is 0.778 bits per heavy atom. The van der Waals surface area contributed by atoms with Crippen molar-refractivity contribution < 1.29 is 27.5 Å². The zero-order valence-electron chi connectivity index (χ0n) is 26.2. The van der Waals surface area contributed by atoms with Gasteiger partial charge in [0.05, 0.1) is 24.8 Å². The maximum Gasteiger partial charge on any atom is 0.264 e. The molecule has 9 nitrogen and oxygen atoms in total. The third-order valence-electron chi connectivity index (χ3n) is 7.43. The van der Waals surface area contributed by atoms with Gasteiger partial charge in [-0.25, -0.2) is 8.42 Å². The van der Waals surface area contributed by atoms with Crippen molar-refractivity contribution in [2.45, 2.75) is 37.8 Å². The molecule has 0 saturated carbocycles. The number of hydrogen-bond acceptors (Lipinski definition) is 6. The summed E-state index contributed by atoms with van der Waals surface area (Å²) in [6, 6.07) is 27.5. The van der Waals surface area contributed by atoms with Crippen LogP contribution in [0.4, 0.5) is 5.69 Å². The maximum absolute atomic E-state index is 14.4. The first-order valence-electron chi connectivity index (χ1n) is 14.5. The van der Waals surface area contributed by atoms with E-state index in [9.17, 15) is 18.0 Å². The number of carbonyl (C=O) groups excluding carboxylic acids is 2. The van der Waals surface area contributed by atoms with Crippen LogP contribution in [0.3, 0.4) is 0 Å². The average Bonchev–Trinajstić information content (AvgIpc) is 3.04. The number of aryl methyl sites for hydroxylation is 2. The molecule has 10 heteroatoms. The quantitative estimate of drug-likeness (QED) is 0.226. The molecule has 0 aliphatic heterocycles. The van der Waals surface area contributed by atoms with Crippen molar-refractivity contribution >= 4 is 27.5 Å². The topological polar surface area (TPSA) is 105 Å². The van der Waals surface area contributed by atoms with Gasteiger partial charge in [-0.3, -0.25) is 13.9 Å². The van der Waals surface area contributed by atoms with Crippen LogP contribution >= 0.6 is 0 Å². The molecule has 0 heterocycles. The summed E-state index contributed by atoms with van der Waals surface area (Å²) >= 11 is 0. The van der Waals surface area contributed by atoms with Gasteiger partial charge in [0.1, 0.15) is 12.6 Å². The summed E-state index contributed by atoms with van der Waals surface area (Å²) in [4.78, 5) is 29.2. The van der Waals surface area contributed by atoms with E-state index in [4.69, 9.17) is 9.47 Å². The van der Waals surface area contributed by atoms with Gasteiger partial charge in [0.2, 0.25) is 11.8 Å². The van der Waals surface area contributed by atoms with Gasteiger partial charge in [0, 0.05) is 26.1 Å². The number of benzene rings is 4. The average molecular weight is 630 g/mol. The van der Waals surface area contributed by atoms with Crippen molar-refractivity contribution in [3.05, 3.63) is 119 Å². The minimum Gasteiger partial charge on any atom is -0.493 e. The number of methoxy groups -OCH3 is 2. The summed E-state index contributed by atoms with van der Waals surface area (Å²) < 4.78 is 40.5. The summed E-state index contributed by atoms with van der Waals surface area (Å²) in [5.41, 5.74) is 3.65. The number of ether oxygens (including phenoxy) is 2. The number of nitrogens with zero attached hydrogens (tertiary/aromatic N) is 2. The van der Waals surface area contributed by atoms with Gasteiger partial charge in [-0.05, 0) is 60.4 Å². The number of hydrogen-bond donors (Lipinski definition) is 1. The van der Waals surface area contributed by atoms with Crippen molar-refractivity contribution in [3.8, 4) is 11.5 Å². The van der Waals surface area contributed by atoms with Gasteiger partial charge in [-0.1, -0.05) is 66.7 Å². The van der Waals surface area contributed by atoms with Crippen molar-refractivity contribution in [2.75, 3.05) is 32.1 Å². The first-order chi connectivity index (χ1) is 21.6. The predicted octanol–water partition coefficient (Wildman–Crippen LogP) is 4.90. The lowest BCUT2D eigenvalue weighted by atomic mass is 10.0. The third-order valence-corrected chi connectivity index (χ3v) is 9.20. The second-order valence-electron chi connectivity index (χ2n) is 10.7. The summed E-state index contributed by atoms with van der Waals surface area (Å²) in [6.07, 6.45) is 0.241. The molecule has 1 N–H and O–H groups in total. The SMILES string of the molecule is CNC(=O)[C@H](Cc1ccccc1)N(Cc1ccccc1)C(=O)CN(c1cc(C)cc(C)c1)S(=O)(=O)c1ccc(OC)c(OC)c1. The van der Waals surface area contributed by atoms with Crippen LogP contribution in [0, 0.1) is 13.8 Å². The van der Waals surface area contributed by atoms with E-state index in [1.165, 1.54) is 44.4 Å². The van der Waals surface area contributed by atoms with Crippen LogP contribution in [0.5, 0.6) is 11.5 Å². The predicted molar refractivity (Wildman–Crippen MR) is 175 cm³/mol. The first kappa shape index (κ1) is 33.1. The van der Waals surface area contributed by atoms with Gasteiger partial charge < -0.3 is 19.7 Å². The molecule has 0 aliphatic carbocycles. The number of anilines is 1. The van der Waals surface area contributed by atoms with Crippen molar-refractivity contribution in [1.82, 2.24) is 10.2 Å². The molecule has 236 valence electrons. The molecule has 0 saturated heterocycles. The van der Waals surface area contributed by atoms with Gasteiger partial charge >= 0.3 is 0 Å². The Labute approximate surface area is 265 Å². The first-order valence-corrected chi connectivity index (χ1v) is 15.9. The van der Waals surface area contributed by atoms with Crippen molar-refractivity contribution in [3.63, 3.8) is 0 Å². The molecule has 45 heavy (non-hydrogen) atoms. The zero-order chi connectivity index (χ0) is 32.6.